The van der Waals surface area contributed by atoms with Crippen LogP contribution in [0.25, 0.3) is 0 Å². The molecule has 0 heterocycles. The van der Waals surface area contributed by atoms with Crippen LogP contribution >= 0.6 is 0 Å². The molecule has 0 saturated heterocycles. The molecule has 4 N–H and O–H groups in total. The standard InChI is InChI=1S/C5H9N2O2/c1-3(5(7)9)2-4(6)8/h2-3H,1H3,(H2,6,8)(H2,7,9)/t3-/m1/s1. The highest BCUT2D eigenvalue weighted by atomic mass is 16.2. The molecule has 0 aliphatic carbocycles. The monoisotopic (exact) mass is 129 g/mol. The zero-order valence-corrected chi connectivity index (χ0v) is 5.13. The predicted molar refractivity (Wildman–Crippen MR) is 31.9 cm³/mol. The van der Waals surface area contributed by atoms with Crippen molar-refractivity contribution >= 4 is 11.8 Å². The molecule has 0 rings (SSSR count). The van der Waals surface area contributed by atoms with Gasteiger partial charge in [0.05, 0.1) is 6.42 Å². The normalized spacial score (nSPS) is 12.6. The van der Waals surface area contributed by atoms with E-state index < -0.39 is 17.7 Å². The van der Waals surface area contributed by atoms with E-state index in [1.54, 1.807) is 0 Å². The van der Waals surface area contributed by atoms with Crippen molar-refractivity contribution in [1.82, 2.24) is 0 Å². The van der Waals surface area contributed by atoms with Crippen LogP contribution in [0.4, 0.5) is 0 Å². The number of carbonyl (C=O) groups excluding carboxylic acids is 2. The minimum Gasteiger partial charge on any atom is -0.369 e. The van der Waals surface area contributed by atoms with Crippen molar-refractivity contribution in [1.29, 1.82) is 0 Å². The zero-order valence-electron chi connectivity index (χ0n) is 5.13. The Labute approximate surface area is 53.2 Å². The van der Waals surface area contributed by atoms with Crippen LogP contribution in [0.2, 0.25) is 0 Å². The smallest absolute Gasteiger partial charge is 0.222 e. The number of rotatable bonds is 3. The molecule has 0 aliphatic heterocycles. The summed E-state index contributed by atoms with van der Waals surface area (Å²) in [5.74, 6) is -1.74. The minimum atomic E-state index is -0.624. The Balaban J connectivity index is 3.63. The van der Waals surface area contributed by atoms with E-state index in [1.165, 1.54) is 6.92 Å². The first-order chi connectivity index (χ1) is 4.04. The van der Waals surface area contributed by atoms with Gasteiger partial charge in [0, 0.05) is 5.92 Å². The lowest BCUT2D eigenvalue weighted by Crippen LogP contribution is -2.26. The van der Waals surface area contributed by atoms with Crippen LogP contribution in [-0.4, -0.2) is 11.8 Å². The molecule has 4 nitrogen and oxygen atoms in total. The lowest BCUT2D eigenvalue weighted by molar-refractivity contribution is -0.123. The molecule has 9 heavy (non-hydrogen) atoms. The number of primary amides is 2. The summed E-state index contributed by atoms with van der Waals surface area (Å²) in [7, 11) is 0. The van der Waals surface area contributed by atoms with Gasteiger partial charge in [-0.3, -0.25) is 9.59 Å². The highest BCUT2D eigenvalue weighted by Crippen LogP contribution is 1.95. The molecule has 2 amide bonds. The summed E-state index contributed by atoms with van der Waals surface area (Å²) in [4.78, 5) is 20.3. The van der Waals surface area contributed by atoms with Gasteiger partial charge in [-0.1, -0.05) is 6.92 Å². The van der Waals surface area contributed by atoms with Gasteiger partial charge in [-0.25, -0.2) is 0 Å². The molecule has 4 heteroatoms. The van der Waals surface area contributed by atoms with E-state index in [0.29, 0.717) is 0 Å². The molecule has 0 bridgehead atoms. The SMILES string of the molecule is C[C@H]([CH]C(N)=O)C(N)=O. The Bertz CT molecular complexity index is 133. The molecule has 0 aromatic rings. The van der Waals surface area contributed by atoms with Gasteiger partial charge in [-0.15, -0.1) is 0 Å². The Kier molecular flexibility index (Phi) is 2.70. The number of amides is 2. The maximum atomic E-state index is 10.2. The first kappa shape index (κ1) is 7.94. The maximum absolute atomic E-state index is 10.2. The van der Waals surface area contributed by atoms with Crippen LogP contribution in [0, 0.1) is 12.3 Å². The van der Waals surface area contributed by atoms with Gasteiger partial charge >= 0.3 is 0 Å². The van der Waals surface area contributed by atoms with Gasteiger partial charge in [-0.2, -0.15) is 0 Å². The molecule has 0 aromatic carbocycles. The second kappa shape index (κ2) is 3.06. The zero-order chi connectivity index (χ0) is 7.44. The molecule has 0 saturated carbocycles. The summed E-state index contributed by atoms with van der Waals surface area (Å²) in [5, 5.41) is 0. The van der Waals surface area contributed by atoms with Gasteiger partial charge in [0.15, 0.2) is 0 Å². The first-order valence-electron chi connectivity index (χ1n) is 2.47. The average molecular weight is 129 g/mol. The fourth-order valence-corrected chi connectivity index (χ4v) is 0.329. The van der Waals surface area contributed by atoms with Crippen molar-refractivity contribution in [2.75, 3.05) is 0 Å². The van der Waals surface area contributed by atoms with Gasteiger partial charge in [0.1, 0.15) is 0 Å². The topological polar surface area (TPSA) is 86.2 Å². The molecule has 0 aromatic heterocycles. The lowest BCUT2D eigenvalue weighted by atomic mass is 10.1. The van der Waals surface area contributed by atoms with Crippen molar-refractivity contribution in [3.63, 3.8) is 0 Å². The molecule has 0 fully saturated rings. The number of hydrogen-bond acceptors (Lipinski definition) is 2. The second-order valence-electron chi connectivity index (χ2n) is 1.76. The Morgan fingerprint density at radius 3 is 2.00 bits per heavy atom. The van der Waals surface area contributed by atoms with Gasteiger partial charge < -0.3 is 11.5 Å². The van der Waals surface area contributed by atoms with E-state index in [-0.39, 0.29) is 0 Å². The molecule has 0 spiro atoms. The molecule has 1 radical (unpaired) electrons. The Morgan fingerprint density at radius 1 is 1.44 bits per heavy atom. The second-order valence-corrected chi connectivity index (χ2v) is 1.76. The number of hydrogen-bond donors (Lipinski definition) is 2. The van der Waals surface area contributed by atoms with Gasteiger partial charge in [0.25, 0.3) is 0 Å². The van der Waals surface area contributed by atoms with E-state index in [1.807, 2.05) is 0 Å². The van der Waals surface area contributed by atoms with Crippen LogP contribution in [0.15, 0.2) is 0 Å². The Morgan fingerprint density at radius 2 is 1.89 bits per heavy atom. The highest BCUT2D eigenvalue weighted by Gasteiger charge is 2.11. The van der Waals surface area contributed by atoms with Crippen LogP contribution < -0.4 is 11.5 Å². The molecule has 1 atom stereocenters. The van der Waals surface area contributed by atoms with Gasteiger partial charge in [-0.05, 0) is 0 Å². The fourth-order valence-electron chi connectivity index (χ4n) is 0.329. The van der Waals surface area contributed by atoms with Crippen LogP contribution in [-0.2, 0) is 9.59 Å². The minimum absolute atomic E-state index is 0.547. The summed E-state index contributed by atoms with van der Waals surface area (Å²) < 4.78 is 0. The summed E-state index contributed by atoms with van der Waals surface area (Å²) in [5.41, 5.74) is 9.54. The average Bonchev–Trinajstić information content (AvgIpc) is 1.63. The maximum Gasteiger partial charge on any atom is 0.222 e. The molecular weight excluding hydrogens is 120 g/mol. The summed E-state index contributed by atoms with van der Waals surface area (Å²) in [6.45, 7) is 1.51. The van der Waals surface area contributed by atoms with Gasteiger partial charge in [0.2, 0.25) is 11.8 Å². The molecule has 0 aliphatic rings. The van der Waals surface area contributed by atoms with E-state index >= 15 is 0 Å². The van der Waals surface area contributed by atoms with E-state index in [0.717, 1.165) is 6.42 Å². The summed E-state index contributed by atoms with van der Waals surface area (Å²) in [6.07, 6.45) is 1.07. The van der Waals surface area contributed by atoms with Crippen molar-refractivity contribution in [2.24, 2.45) is 17.4 Å². The van der Waals surface area contributed by atoms with Crippen LogP contribution in [0.5, 0.6) is 0 Å². The predicted octanol–water partition coefficient (Wildman–Crippen LogP) is -1.20. The van der Waals surface area contributed by atoms with Crippen LogP contribution in [0.1, 0.15) is 6.92 Å². The van der Waals surface area contributed by atoms with E-state index in [9.17, 15) is 9.59 Å². The molecule has 51 valence electrons. The van der Waals surface area contributed by atoms with Crippen molar-refractivity contribution in [3.8, 4) is 0 Å². The van der Waals surface area contributed by atoms with Crippen molar-refractivity contribution in [3.05, 3.63) is 6.42 Å². The first-order valence-corrected chi connectivity index (χ1v) is 2.47. The van der Waals surface area contributed by atoms with E-state index in [2.05, 4.69) is 0 Å². The largest absolute Gasteiger partial charge is 0.369 e. The third kappa shape index (κ3) is 3.52. The quantitative estimate of drug-likeness (QED) is 0.501. The lowest BCUT2D eigenvalue weighted by Gasteiger charge is -2.00. The van der Waals surface area contributed by atoms with Crippen molar-refractivity contribution < 1.29 is 9.59 Å². The third-order valence-corrected chi connectivity index (χ3v) is 0.863. The molecular formula is C5H9N2O2. The summed E-state index contributed by atoms with van der Waals surface area (Å²) in [6, 6.07) is 0. The van der Waals surface area contributed by atoms with E-state index in [4.69, 9.17) is 11.5 Å². The summed E-state index contributed by atoms with van der Waals surface area (Å²) >= 11 is 0. The van der Waals surface area contributed by atoms with Crippen molar-refractivity contribution in [2.45, 2.75) is 6.92 Å². The van der Waals surface area contributed by atoms with Crippen LogP contribution in [0.3, 0.4) is 0 Å². The Hall–Kier alpha value is -1.06. The highest BCUT2D eigenvalue weighted by molar-refractivity contribution is 5.90. The number of nitrogens with two attached hydrogens (primary N) is 2. The molecule has 0 unspecified atom stereocenters. The third-order valence-electron chi connectivity index (χ3n) is 0.863. The number of carbonyl (C=O) groups is 2. The fraction of sp³-hybridized carbons (Fsp3) is 0.400.